The fourth-order valence-corrected chi connectivity index (χ4v) is 11.3. The van der Waals surface area contributed by atoms with Gasteiger partial charge in [-0.1, -0.05) is 109 Å². The van der Waals surface area contributed by atoms with E-state index in [0.29, 0.717) is 12.0 Å². The molecule has 0 saturated carbocycles. The van der Waals surface area contributed by atoms with Gasteiger partial charge in [-0.25, -0.2) is 0 Å². The number of rotatable bonds is 4. The average molecular weight is 732 g/mol. The quantitative estimate of drug-likeness (QED) is 0.176. The first-order chi connectivity index (χ1) is 27.8. The normalized spacial score (nSPS) is 16.6. The number of hydrogen-bond donors (Lipinski definition) is 0. The number of thiophene rings is 1. The molecule has 7 aromatic carbocycles. The molecule has 0 fully saturated rings. The average Bonchev–Trinajstić information content (AvgIpc) is 4.06. The second kappa shape index (κ2) is 11.3. The zero-order valence-corrected chi connectivity index (χ0v) is 31.1. The fourth-order valence-electron chi connectivity index (χ4n) is 10.00. The molecule has 0 saturated heterocycles. The lowest BCUT2D eigenvalue weighted by Crippen LogP contribution is -2.26. The Morgan fingerprint density at radius 2 is 1.00 bits per heavy atom. The highest BCUT2D eigenvalue weighted by Crippen LogP contribution is 2.60. The van der Waals surface area contributed by atoms with E-state index in [0.717, 1.165) is 0 Å². The molecule has 2 atom stereocenters. The number of para-hydroxylation sites is 4. The summed E-state index contributed by atoms with van der Waals surface area (Å²) in [7, 11) is 0. The molecule has 0 N–H and O–H groups in total. The summed E-state index contributed by atoms with van der Waals surface area (Å²) < 4.78 is 4.81. The molecule has 2 unspecified atom stereocenters. The number of anilines is 2. The zero-order chi connectivity index (χ0) is 36.5. The molecule has 0 radical (unpaired) electrons. The summed E-state index contributed by atoms with van der Waals surface area (Å²) in [6.45, 7) is 0. The number of nitrogens with zero attached hydrogens (tertiary/aromatic N) is 3. The third kappa shape index (κ3) is 4.11. The molecule has 0 bridgehead atoms. The van der Waals surface area contributed by atoms with Crippen molar-refractivity contribution in [3.05, 3.63) is 199 Å². The van der Waals surface area contributed by atoms with Crippen LogP contribution in [-0.2, 0) is 0 Å². The predicted octanol–water partition coefficient (Wildman–Crippen LogP) is 13.8. The summed E-state index contributed by atoms with van der Waals surface area (Å²) in [5, 5.41) is 5.06. The van der Waals surface area contributed by atoms with E-state index in [-0.39, 0.29) is 0 Å². The number of benzene rings is 7. The lowest BCUT2D eigenvalue weighted by Gasteiger charge is -2.24. The van der Waals surface area contributed by atoms with Crippen LogP contribution in [0, 0.1) is 0 Å². The summed E-state index contributed by atoms with van der Waals surface area (Å²) in [5.41, 5.74) is 16.4. The summed E-state index contributed by atoms with van der Waals surface area (Å²) in [6.07, 6.45) is 7.00. The van der Waals surface area contributed by atoms with Crippen LogP contribution in [0.5, 0.6) is 0 Å². The van der Waals surface area contributed by atoms with Gasteiger partial charge in [-0.15, -0.1) is 11.3 Å². The minimum absolute atomic E-state index is 0.367. The molecule has 5 heterocycles. The van der Waals surface area contributed by atoms with E-state index < -0.39 is 0 Å². The van der Waals surface area contributed by atoms with E-state index in [2.05, 4.69) is 202 Å². The first-order valence-corrected chi connectivity index (χ1v) is 20.2. The SMILES string of the molecule is C1=CC2c3sc(-c4ccc5c(c4)c4cc(-c6ccc7c(c6)c6ccccc6n7-c6ccccc6)ccc4n5-c4ccccc4)cc3N3c4ccccc4C(=C1)C23. The second-order valence-corrected chi connectivity index (χ2v) is 16.4. The molecule has 0 spiro atoms. The van der Waals surface area contributed by atoms with Gasteiger partial charge in [0.25, 0.3) is 0 Å². The summed E-state index contributed by atoms with van der Waals surface area (Å²) >= 11 is 1.97. The first kappa shape index (κ1) is 30.4. The summed E-state index contributed by atoms with van der Waals surface area (Å²) in [4.78, 5) is 5.39. The Morgan fingerprint density at radius 1 is 0.446 bits per heavy atom. The van der Waals surface area contributed by atoms with E-state index in [4.69, 9.17) is 0 Å². The van der Waals surface area contributed by atoms with E-state index in [9.17, 15) is 0 Å². The molecule has 3 aliphatic rings. The van der Waals surface area contributed by atoms with Gasteiger partial charge in [0.1, 0.15) is 0 Å². The molecule has 1 aliphatic carbocycles. The van der Waals surface area contributed by atoms with Crippen molar-refractivity contribution in [3.63, 3.8) is 0 Å². The van der Waals surface area contributed by atoms with Crippen LogP contribution >= 0.6 is 11.3 Å². The van der Waals surface area contributed by atoms with Gasteiger partial charge in [0.05, 0.1) is 33.8 Å². The van der Waals surface area contributed by atoms with Gasteiger partial charge in [0.2, 0.25) is 0 Å². The van der Waals surface area contributed by atoms with Crippen LogP contribution in [0.1, 0.15) is 16.4 Å². The van der Waals surface area contributed by atoms with Crippen LogP contribution in [0.25, 0.3) is 82.1 Å². The first-order valence-electron chi connectivity index (χ1n) is 19.4. The van der Waals surface area contributed by atoms with E-state index >= 15 is 0 Å². The van der Waals surface area contributed by atoms with E-state index in [1.165, 1.54) is 104 Å². The van der Waals surface area contributed by atoms with Gasteiger partial charge in [-0.3, -0.25) is 0 Å². The summed E-state index contributed by atoms with van der Waals surface area (Å²) in [6, 6.07) is 63.1. The molecular formula is C52H33N3S. The zero-order valence-electron chi connectivity index (χ0n) is 30.3. The molecule has 262 valence electrons. The van der Waals surface area contributed by atoms with Crippen LogP contribution < -0.4 is 4.90 Å². The monoisotopic (exact) mass is 731 g/mol. The molecule has 10 aromatic rings. The van der Waals surface area contributed by atoms with Crippen LogP contribution in [-0.4, -0.2) is 15.2 Å². The minimum Gasteiger partial charge on any atom is -0.331 e. The number of aromatic nitrogens is 2. The maximum absolute atomic E-state index is 2.60. The van der Waals surface area contributed by atoms with Crippen LogP contribution in [0.2, 0.25) is 0 Å². The molecule has 3 aromatic heterocycles. The van der Waals surface area contributed by atoms with Crippen molar-refractivity contribution >= 4 is 71.9 Å². The molecule has 4 heteroatoms. The van der Waals surface area contributed by atoms with Gasteiger partial charge in [-0.2, -0.15) is 0 Å². The second-order valence-electron chi connectivity index (χ2n) is 15.3. The van der Waals surface area contributed by atoms with Crippen molar-refractivity contribution in [1.82, 2.24) is 9.13 Å². The topological polar surface area (TPSA) is 13.1 Å². The van der Waals surface area contributed by atoms with E-state index in [1.807, 2.05) is 11.3 Å². The summed E-state index contributed by atoms with van der Waals surface area (Å²) in [5.74, 6) is 0.376. The number of allylic oxidation sites excluding steroid dienone is 2. The van der Waals surface area contributed by atoms with Gasteiger partial charge in [0, 0.05) is 59.8 Å². The third-order valence-electron chi connectivity index (χ3n) is 12.4. The Morgan fingerprint density at radius 3 is 1.70 bits per heavy atom. The Bertz CT molecular complexity index is 3320. The third-order valence-corrected chi connectivity index (χ3v) is 13.7. The standard InChI is InChI=1S/C52H33N3S/c1-3-12-35(13-4-1)53-44-20-9-8-17-38(44)41-28-32(22-25-46(41)53)33-23-26-47-42(29-33)43-30-34(24-27-48(43)54(47)36-14-5-2-6-15-36)50-31-49-52(56-50)40-19-11-18-39-37-16-7-10-21-45(37)55(49)51(39)40/h1-31,40,51H. The highest BCUT2D eigenvalue weighted by Gasteiger charge is 2.48. The van der Waals surface area contributed by atoms with Crippen LogP contribution in [0.4, 0.5) is 11.4 Å². The Hall–Kier alpha value is -6.88. The van der Waals surface area contributed by atoms with Crippen molar-refractivity contribution in [2.24, 2.45) is 0 Å². The highest BCUT2D eigenvalue weighted by molar-refractivity contribution is 7.16. The van der Waals surface area contributed by atoms with Crippen molar-refractivity contribution in [2.45, 2.75) is 12.0 Å². The largest absolute Gasteiger partial charge is 0.331 e. The minimum atomic E-state index is 0.367. The Labute approximate surface area is 327 Å². The van der Waals surface area contributed by atoms with Crippen LogP contribution in [0.15, 0.2) is 188 Å². The van der Waals surface area contributed by atoms with Gasteiger partial charge < -0.3 is 14.0 Å². The fraction of sp³-hybridized carbons (Fsp3) is 0.0385. The van der Waals surface area contributed by atoms with Crippen LogP contribution in [0.3, 0.4) is 0 Å². The number of fused-ring (bicyclic) bond motifs is 12. The van der Waals surface area contributed by atoms with E-state index in [1.54, 1.807) is 0 Å². The molecule has 3 nitrogen and oxygen atoms in total. The van der Waals surface area contributed by atoms with Gasteiger partial charge >= 0.3 is 0 Å². The highest BCUT2D eigenvalue weighted by atomic mass is 32.1. The molecule has 0 amide bonds. The Kier molecular flexibility index (Phi) is 6.16. The lowest BCUT2D eigenvalue weighted by molar-refractivity contribution is 0.788. The molecular weight excluding hydrogens is 699 g/mol. The van der Waals surface area contributed by atoms with Crippen molar-refractivity contribution in [2.75, 3.05) is 4.90 Å². The maximum Gasteiger partial charge on any atom is 0.0710 e. The smallest absolute Gasteiger partial charge is 0.0710 e. The van der Waals surface area contributed by atoms with Crippen molar-refractivity contribution < 1.29 is 0 Å². The maximum atomic E-state index is 2.60. The van der Waals surface area contributed by atoms with Crippen molar-refractivity contribution in [1.29, 1.82) is 0 Å². The number of hydrogen-bond acceptors (Lipinski definition) is 2. The Balaban J connectivity index is 0.984. The molecule has 2 aliphatic heterocycles. The van der Waals surface area contributed by atoms with Gasteiger partial charge in [-0.05, 0) is 101 Å². The molecule has 56 heavy (non-hydrogen) atoms. The van der Waals surface area contributed by atoms with Gasteiger partial charge in [0.15, 0.2) is 0 Å². The molecule has 13 rings (SSSR count). The lowest BCUT2D eigenvalue weighted by atomic mass is 9.88. The predicted molar refractivity (Wildman–Crippen MR) is 236 cm³/mol. The van der Waals surface area contributed by atoms with Crippen molar-refractivity contribution in [3.8, 4) is 32.9 Å².